The summed E-state index contributed by atoms with van der Waals surface area (Å²) in [7, 11) is 1.86. The Morgan fingerprint density at radius 2 is 1.83 bits per heavy atom. The Morgan fingerprint density at radius 1 is 1.07 bits per heavy atom. The molecular weight excluding hydrogens is 380 g/mol. The number of anilines is 1. The lowest BCUT2D eigenvalue weighted by Gasteiger charge is -2.31. The third kappa shape index (κ3) is 4.43. The van der Waals surface area contributed by atoms with Gasteiger partial charge in [0.2, 0.25) is 11.8 Å². The van der Waals surface area contributed by atoms with E-state index in [-0.39, 0.29) is 17.7 Å². The Morgan fingerprint density at radius 3 is 2.53 bits per heavy atom. The Kier molecular flexibility index (Phi) is 6.22. The maximum Gasteiger partial charge on any atom is 0.236 e. The van der Waals surface area contributed by atoms with Crippen molar-refractivity contribution in [1.29, 1.82) is 0 Å². The van der Waals surface area contributed by atoms with Crippen molar-refractivity contribution < 1.29 is 9.59 Å². The van der Waals surface area contributed by atoms with E-state index < -0.39 is 0 Å². The molecule has 3 aliphatic heterocycles. The fourth-order valence-corrected chi connectivity index (χ4v) is 4.80. The maximum atomic E-state index is 12.8. The lowest BCUT2D eigenvalue weighted by atomic mass is 9.99. The Bertz CT molecular complexity index is 788. The maximum absolute atomic E-state index is 12.8. The Labute approximate surface area is 179 Å². The summed E-state index contributed by atoms with van der Waals surface area (Å²) >= 11 is 0. The van der Waals surface area contributed by atoms with Crippen LogP contribution >= 0.6 is 0 Å². The smallest absolute Gasteiger partial charge is 0.236 e. The lowest BCUT2D eigenvalue weighted by Crippen LogP contribution is -2.42. The summed E-state index contributed by atoms with van der Waals surface area (Å²) in [6.07, 6.45) is 4.03. The number of rotatable bonds is 4. The van der Waals surface area contributed by atoms with Crippen molar-refractivity contribution in [2.75, 3.05) is 51.6 Å². The summed E-state index contributed by atoms with van der Waals surface area (Å²) in [6, 6.07) is 0. The molecule has 0 aromatic carbocycles. The zero-order chi connectivity index (χ0) is 21.3. The van der Waals surface area contributed by atoms with Gasteiger partial charge in [-0.25, -0.2) is 9.97 Å². The van der Waals surface area contributed by atoms with Gasteiger partial charge in [-0.05, 0) is 38.3 Å². The predicted octanol–water partition coefficient (Wildman–Crippen LogP) is 1.47. The van der Waals surface area contributed by atoms with Gasteiger partial charge >= 0.3 is 0 Å². The van der Waals surface area contributed by atoms with E-state index >= 15 is 0 Å². The number of carbonyl (C=O) groups is 2. The van der Waals surface area contributed by atoms with Gasteiger partial charge < -0.3 is 15.1 Å². The van der Waals surface area contributed by atoms with Gasteiger partial charge in [0.05, 0.1) is 18.8 Å². The van der Waals surface area contributed by atoms with Crippen LogP contribution in [0.1, 0.15) is 56.1 Å². The molecule has 8 heteroatoms. The van der Waals surface area contributed by atoms with Crippen LogP contribution in [-0.4, -0.2) is 82.8 Å². The van der Waals surface area contributed by atoms with Crippen LogP contribution in [0.15, 0.2) is 0 Å². The van der Waals surface area contributed by atoms with Gasteiger partial charge in [-0.15, -0.1) is 0 Å². The monoisotopic (exact) mass is 414 g/mol. The van der Waals surface area contributed by atoms with E-state index in [0.717, 1.165) is 61.3 Å². The summed E-state index contributed by atoms with van der Waals surface area (Å²) in [5.74, 6) is 2.91. The Balaban J connectivity index is 1.41. The highest BCUT2D eigenvalue weighted by Crippen LogP contribution is 2.30. The molecule has 30 heavy (non-hydrogen) atoms. The van der Waals surface area contributed by atoms with Crippen LogP contribution in [0.4, 0.5) is 5.82 Å². The first kappa shape index (κ1) is 21.0. The second-order valence-electron chi connectivity index (χ2n) is 9.08. The van der Waals surface area contributed by atoms with Crippen LogP contribution < -0.4 is 5.32 Å². The standard InChI is InChI=1S/C22H34N6O2/c1-15-4-8-26(9-5-15)14-20(30)28-10-6-17(12-28)21-24-19-7-11-27(16(2)29)13-18(19)22(23-3)25-21/h15,17H,4-14H2,1-3H3,(H,23,24,25). The van der Waals surface area contributed by atoms with E-state index in [9.17, 15) is 9.59 Å². The summed E-state index contributed by atoms with van der Waals surface area (Å²) in [6.45, 7) is 9.23. The fraction of sp³-hybridized carbons (Fsp3) is 0.727. The van der Waals surface area contributed by atoms with Gasteiger partial charge in [0.1, 0.15) is 11.6 Å². The lowest BCUT2D eigenvalue weighted by molar-refractivity contribution is -0.132. The van der Waals surface area contributed by atoms with Crippen LogP contribution in [0.2, 0.25) is 0 Å². The van der Waals surface area contributed by atoms with E-state index in [2.05, 4.69) is 17.1 Å². The predicted molar refractivity (Wildman–Crippen MR) is 115 cm³/mol. The first-order chi connectivity index (χ1) is 14.4. The van der Waals surface area contributed by atoms with Gasteiger partial charge in [-0.1, -0.05) is 6.92 Å². The summed E-state index contributed by atoms with van der Waals surface area (Å²) in [5.41, 5.74) is 2.06. The summed E-state index contributed by atoms with van der Waals surface area (Å²) in [5, 5.41) is 3.19. The molecule has 0 bridgehead atoms. The van der Waals surface area contributed by atoms with Crippen LogP contribution in [0.5, 0.6) is 0 Å². The molecule has 4 heterocycles. The molecule has 4 rings (SSSR count). The third-order valence-electron chi connectivity index (χ3n) is 6.90. The second kappa shape index (κ2) is 8.88. The molecule has 2 saturated heterocycles. The second-order valence-corrected chi connectivity index (χ2v) is 9.08. The molecule has 2 fully saturated rings. The minimum Gasteiger partial charge on any atom is -0.373 e. The SMILES string of the molecule is CNc1nc(C2CCN(C(=O)CN3CCC(C)CC3)C2)nc2c1CN(C(C)=O)CC2. The zero-order valence-electron chi connectivity index (χ0n) is 18.5. The van der Waals surface area contributed by atoms with E-state index in [4.69, 9.17) is 9.97 Å². The largest absolute Gasteiger partial charge is 0.373 e. The van der Waals surface area contributed by atoms with Crippen molar-refractivity contribution in [2.24, 2.45) is 5.92 Å². The molecule has 3 aliphatic rings. The molecule has 1 atom stereocenters. The number of piperidine rings is 1. The van der Waals surface area contributed by atoms with Crippen molar-refractivity contribution in [2.45, 2.75) is 52.0 Å². The molecule has 0 aliphatic carbocycles. The zero-order valence-corrected chi connectivity index (χ0v) is 18.5. The van der Waals surface area contributed by atoms with Crippen LogP contribution in [-0.2, 0) is 22.6 Å². The van der Waals surface area contributed by atoms with Crippen LogP contribution in [0.25, 0.3) is 0 Å². The average molecular weight is 415 g/mol. The molecule has 164 valence electrons. The molecule has 1 unspecified atom stereocenters. The number of carbonyl (C=O) groups excluding carboxylic acids is 2. The van der Waals surface area contributed by atoms with Gasteiger partial charge in [-0.3, -0.25) is 14.5 Å². The molecule has 8 nitrogen and oxygen atoms in total. The molecule has 1 aromatic heterocycles. The third-order valence-corrected chi connectivity index (χ3v) is 6.90. The number of hydrogen-bond donors (Lipinski definition) is 1. The quantitative estimate of drug-likeness (QED) is 0.804. The minimum absolute atomic E-state index is 0.0832. The van der Waals surface area contributed by atoms with Gasteiger partial charge in [0, 0.05) is 51.5 Å². The van der Waals surface area contributed by atoms with E-state index in [1.807, 2.05) is 16.8 Å². The van der Waals surface area contributed by atoms with E-state index in [1.165, 1.54) is 12.8 Å². The number of aromatic nitrogens is 2. The first-order valence-corrected chi connectivity index (χ1v) is 11.3. The number of hydrogen-bond acceptors (Lipinski definition) is 6. The van der Waals surface area contributed by atoms with Crippen molar-refractivity contribution in [3.8, 4) is 0 Å². The fourth-order valence-electron chi connectivity index (χ4n) is 4.80. The molecular formula is C22H34N6O2. The Hall–Kier alpha value is -2.22. The number of amides is 2. The van der Waals surface area contributed by atoms with E-state index in [1.54, 1.807) is 6.92 Å². The minimum atomic E-state index is 0.0832. The molecule has 2 amide bonds. The number of likely N-dealkylation sites (tertiary alicyclic amines) is 2. The topological polar surface area (TPSA) is 81.7 Å². The van der Waals surface area contributed by atoms with Crippen LogP contribution in [0, 0.1) is 5.92 Å². The highest BCUT2D eigenvalue weighted by Gasteiger charge is 2.32. The molecule has 1 aromatic rings. The van der Waals surface area contributed by atoms with Crippen molar-refractivity contribution in [3.05, 3.63) is 17.1 Å². The van der Waals surface area contributed by atoms with Gasteiger partial charge in [0.15, 0.2) is 0 Å². The summed E-state index contributed by atoms with van der Waals surface area (Å²) in [4.78, 5) is 40.4. The van der Waals surface area contributed by atoms with Crippen LogP contribution in [0.3, 0.4) is 0 Å². The van der Waals surface area contributed by atoms with Gasteiger partial charge in [-0.2, -0.15) is 0 Å². The van der Waals surface area contributed by atoms with E-state index in [0.29, 0.717) is 26.2 Å². The van der Waals surface area contributed by atoms with Crippen molar-refractivity contribution >= 4 is 17.6 Å². The first-order valence-electron chi connectivity index (χ1n) is 11.3. The molecule has 0 spiro atoms. The number of nitrogens with one attached hydrogen (secondary N) is 1. The molecule has 0 saturated carbocycles. The molecule has 0 radical (unpaired) electrons. The van der Waals surface area contributed by atoms with Gasteiger partial charge in [0.25, 0.3) is 0 Å². The number of fused-ring (bicyclic) bond motifs is 1. The highest BCUT2D eigenvalue weighted by atomic mass is 16.2. The number of nitrogens with zero attached hydrogens (tertiary/aromatic N) is 5. The van der Waals surface area contributed by atoms with Crippen molar-refractivity contribution in [3.63, 3.8) is 0 Å². The summed E-state index contributed by atoms with van der Waals surface area (Å²) < 4.78 is 0. The average Bonchev–Trinajstić information content (AvgIpc) is 3.24. The van der Waals surface area contributed by atoms with Crippen molar-refractivity contribution in [1.82, 2.24) is 24.7 Å². The molecule has 1 N–H and O–H groups in total. The normalized spacial score (nSPS) is 22.8. The highest BCUT2D eigenvalue weighted by molar-refractivity contribution is 5.78.